The smallest absolute Gasteiger partial charge is 0.229 e. The summed E-state index contributed by atoms with van der Waals surface area (Å²) in [6, 6.07) is 15.9. The third kappa shape index (κ3) is 4.89. The quantitative estimate of drug-likeness (QED) is 0.608. The molecule has 7 heteroatoms. The van der Waals surface area contributed by atoms with Crippen molar-refractivity contribution in [2.75, 3.05) is 5.32 Å². The highest BCUT2D eigenvalue weighted by molar-refractivity contribution is 6.32. The Bertz CT molecular complexity index is 1110. The second kappa shape index (κ2) is 8.72. The number of Topliss-reactive ketones (excluding diaryl/α,β-unsaturated/α-hetero) is 1. The zero-order chi connectivity index (χ0) is 21.0. The number of ketones is 1. The van der Waals surface area contributed by atoms with E-state index in [0.717, 1.165) is 5.56 Å². The molecule has 0 saturated carbocycles. The highest BCUT2D eigenvalue weighted by Gasteiger charge is 2.15. The van der Waals surface area contributed by atoms with Gasteiger partial charge in [-0.1, -0.05) is 36.7 Å². The number of nitriles is 1. The molecule has 0 spiro atoms. The molecule has 0 aliphatic heterocycles. The Morgan fingerprint density at radius 3 is 2.72 bits per heavy atom. The average molecular weight is 407 g/mol. The van der Waals surface area contributed by atoms with Crippen molar-refractivity contribution in [3.8, 4) is 17.3 Å². The molecular weight excluding hydrogens is 388 g/mol. The van der Waals surface area contributed by atoms with Gasteiger partial charge in [0.1, 0.15) is 6.07 Å². The Morgan fingerprint density at radius 1 is 1.24 bits per heavy atom. The molecule has 1 aromatic heterocycles. The Labute approximate surface area is 173 Å². The molecule has 1 amide bonds. The van der Waals surface area contributed by atoms with Crippen molar-refractivity contribution in [3.63, 3.8) is 0 Å². The third-order valence-electron chi connectivity index (χ3n) is 4.47. The first-order valence-electron chi connectivity index (χ1n) is 9.02. The van der Waals surface area contributed by atoms with Gasteiger partial charge in [0, 0.05) is 23.0 Å². The van der Waals surface area contributed by atoms with Crippen LogP contribution in [-0.2, 0) is 11.3 Å². The second-order valence-corrected chi connectivity index (χ2v) is 7.16. The predicted molar refractivity (Wildman–Crippen MR) is 112 cm³/mol. The van der Waals surface area contributed by atoms with Crippen molar-refractivity contribution in [2.24, 2.45) is 5.92 Å². The van der Waals surface area contributed by atoms with E-state index in [4.69, 9.17) is 16.9 Å². The van der Waals surface area contributed by atoms with E-state index in [-0.39, 0.29) is 17.6 Å². The lowest BCUT2D eigenvalue weighted by molar-refractivity contribution is -0.119. The van der Waals surface area contributed by atoms with E-state index in [0.29, 0.717) is 34.1 Å². The van der Waals surface area contributed by atoms with Crippen molar-refractivity contribution in [3.05, 3.63) is 70.9 Å². The Kier molecular flexibility index (Phi) is 6.10. The van der Waals surface area contributed by atoms with Gasteiger partial charge < -0.3 is 5.32 Å². The summed E-state index contributed by atoms with van der Waals surface area (Å²) in [6.07, 6.45) is 1.79. The minimum absolute atomic E-state index is 0.0545. The van der Waals surface area contributed by atoms with Crippen LogP contribution < -0.4 is 5.32 Å². The van der Waals surface area contributed by atoms with Gasteiger partial charge in [-0.2, -0.15) is 10.4 Å². The van der Waals surface area contributed by atoms with Crippen LogP contribution in [0.4, 0.5) is 5.69 Å². The number of aromatic nitrogens is 2. The lowest BCUT2D eigenvalue weighted by atomic mass is 10.1. The van der Waals surface area contributed by atoms with Gasteiger partial charge in [-0.05, 0) is 37.3 Å². The maximum Gasteiger partial charge on any atom is 0.229 e. The van der Waals surface area contributed by atoms with Gasteiger partial charge in [-0.25, -0.2) is 0 Å². The number of nitrogens with zero attached hydrogens (tertiary/aromatic N) is 3. The Balaban J connectivity index is 1.67. The summed E-state index contributed by atoms with van der Waals surface area (Å²) in [5, 5.41) is 16.7. The van der Waals surface area contributed by atoms with Crippen LogP contribution in [0.25, 0.3) is 11.3 Å². The van der Waals surface area contributed by atoms with Crippen LogP contribution in [0, 0.1) is 17.2 Å². The van der Waals surface area contributed by atoms with E-state index in [1.54, 1.807) is 53.3 Å². The molecule has 1 unspecified atom stereocenters. The van der Waals surface area contributed by atoms with Crippen molar-refractivity contribution < 1.29 is 9.59 Å². The number of benzene rings is 2. The number of rotatable bonds is 6. The van der Waals surface area contributed by atoms with Crippen LogP contribution >= 0.6 is 11.6 Å². The van der Waals surface area contributed by atoms with Gasteiger partial charge in [0.2, 0.25) is 5.91 Å². The van der Waals surface area contributed by atoms with Crippen molar-refractivity contribution in [1.82, 2.24) is 9.78 Å². The summed E-state index contributed by atoms with van der Waals surface area (Å²) in [5.41, 5.74) is 3.05. The van der Waals surface area contributed by atoms with Crippen molar-refractivity contribution >= 4 is 29.0 Å². The largest absolute Gasteiger partial charge is 0.326 e. The minimum atomic E-state index is -0.340. The Morgan fingerprint density at radius 2 is 2.03 bits per heavy atom. The Hall–Kier alpha value is -3.43. The van der Waals surface area contributed by atoms with Crippen LogP contribution in [0.15, 0.2) is 54.7 Å². The number of carbonyl (C=O) groups is 2. The molecule has 146 valence electrons. The van der Waals surface area contributed by atoms with Gasteiger partial charge in [-0.3, -0.25) is 14.3 Å². The summed E-state index contributed by atoms with van der Waals surface area (Å²) in [7, 11) is 0. The number of nitrogens with one attached hydrogen (secondary N) is 1. The first-order chi connectivity index (χ1) is 13.9. The highest BCUT2D eigenvalue weighted by atomic mass is 35.5. The van der Waals surface area contributed by atoms with Crippen LogP contribution in [0.2, 0.25) is 5.02 Å². The molecule has 2 aromatic carbocycles. The highest BCUT2D eigenvalue weighted by Crippen LogP contribution is 2.24. The third-order valence-corrected chi connectivity index (χ3v) is 4.78. The second-order valence-electron chi connectivity index (χ2n) is 6.76. The zero-order valence-electron chi connectivity index (χ0n) is 16.0. The maximum absolute atomic E-state index is 12.5. The summed E-state index contributed by atoms with van der Waals surface area (Å²) < 4.78 is 1.69. The van der Waals surface area contributed by atoms with E-state index in [1.807, 2.05) is 19.1 Å². The standard InChI is InChI=1S/C22H19ClN4O2/c1-14(22(29)25-19-5-3-4-16(10-19)15(2)28)13-27-9-8-21(26-27)17-6-7-18(12-24)20(23)11-17/h3-11,14H,13H2,1-2H3,(H,25,29). The van der Waals surface area contributed by atoms with E-state index in [1.165, 1.54) is 6.92 Å². The van der Waals surface area contributed by atoms with Crippen LogP contribution in [0.3, 0.4) is 0 Å². The number of hydrogen-bond acceptors (Lipinski definition) is 4. The maximum atomic E-state index is 12.5. The minimum Gasteiger partial charge on any atom is -0.326 e. The SMILES string of the molecule is CC(=O)c1cccc(NC(=O)C(C)Cn2ccc(-c3ccc(C#N)c(Cl)c3)n2)c1. The van der Waals surface area contributed by atoms with Crippen LogP contribution in [0.1, 0.15) is 29.8 Å². The molecule has 3 aromatic rings. The molecule has 1 N–H and O–H groups in total. The first-order valence-corrected chi connectivity index (χ1v) is 9.40. The van der Waals surface area contributed by atoms with Crippen molar-refractivity contribution in [1.29, 1.82) is 5.26 Å². The molecule has 0 aliphatic rings. The summed E-state index contributed by atoms with van der Waals surface area (Å²) in [6.45, 7) is 3.69. The molecule has 3 rings (SSSR count). The fraction of sp³-hybridized carbons (Fsp3) is 0.182. The van der Waals surface area contributed by atoms with Crippen molar-refractivity contribution in [2.45, 2.75) is 20.4 Å². The van der Waals surface area contributed by atoms with Gasteiger partial charge in [-0.15, -0.1) is 0 Å². The normalized spacial score (nSPS) is 11.5. The van der Waals surface area contributed by atoms with Crippen LogP contribution in [-0.4, -0.2) is 21.5 Å². The lowest BCUT2D eigenvalue weighted by Gasteiger charge is -2.13. The molecule has 0 bridgehead atoms. The number of amides is 1. The molecular formula is C22H19ClN4O2. The molecule has 0 saturated heterocycles. The number of hydrogen-bond donors (Lipinski definition) is 1. The molecule has 1 atom stereocenters. The summed E-state index contributed by atoms with van der Waals surface area (Å²) in [5.74, 6) is -0.557. The fourth-order valence-corrected chi connectivity index (χ4v) is 3.05. The average Bonchev–Trinajstić information content (AvgIpc) is 3.16. The van der Waals surface area contributed by atoms with Gasteiger partial charge >= 0.3 is 0 Å². The fourth-order valence-electron chi connectivity index (χ4n) is 2.83. The van der Waals surface area contributed by atoms with Crippen LogP contribution in [0.5, 0.6) is 0 Å². The van der Waals surface area contributed by atoms with Gasteiger partial charge in [0.05, 0.1) is 28.7 Å². The molecule has 6 nitrogen and oxygen atoms in total. The molecule has 0 aliphatic carbocycles. The van der Waals surface area contributed by atoms with Gasteiger partial charge in [0.25, 0.3) is 0 Å². The molecule has 0 fully saturated rings. The summed E-state index contributed by atoms with van der Waals surface area (Å²) >= 11 is 6.09. The van der Waals surface area contributed by atoms with E-state index >= 15 is 0 Å². The zero-order valence-corrected chi connectivity index (χ0v) is 16.8. The number of carbonyl (C=O) groups excluding carboxylic acids is 2. The number of halogens is 1. The topological polar surface area (TPSA) is 87.8 Å². The monoisotopic (exact) mass is 406 g/mol. The summed E-state index contributed by atoms with van der Waals surface area (Å²) in [4.78, 5) is 24.0. The van der Waals surface area contributed by atoms with E-state index in [2.05, 4.69) is 10.4 Å². The number of anilines is 1. The molecule has 29 heavy (non-hydrogen) atoms. The molecule has 1 heterocycles. The first kappa shape index (κ1) is 20.3. The van der Waals surface area contributed by atoms with Gasteiger partial charge in [0.15, 0.2) is 5.78 Å². The molecule has 0 radical (unpaired) electrons. The van der Waals surface area contributed by atoms with E-state index < -0.39 is 0 Å². The predicted octanol–water partition coefficient (Wildman–Crippen LogP) is 4.55. The van der Waals surface area contributed by atoms with E-state index in [9.17, 15) is 9.59 Å². The lowest BCUT2D eigenvalue weighted by Crippen LogP contribution is -2.24.